The molecule has 2 aromatic heterocycles. The topological polar surface area (TPSA) is 117 Å². The minimum atomic E-state index is -0.672. The number of halogens is 2. The van der Waals surface area contributed by atoms with Gasteiger partial charge in [0.25, 0.3) is 0 Å². The fourth-order valence-electron chi connectivity index (χ4n) is 5.60. The number of β-amino-alcohol motifs (C(OH)–C–C–N with tert-alkyl or cyclic N) is 2. The molecule has 0 bridgehead atoms. The van der Waals surface area contributed by atoms with E-state index in [9.17, 15) is 10.2 Å². The van der Waals surface area contributed by atoms with Crippen LogP contribution in [0.5, 0.6) is 11.8 Å². The van der Waals surface area contributed by atoms with E-state index in [1.807, 2.05) is 43.3 Å². The van der Waals surface area contributed by atoms with Crippen LogP contribution >= 0.6 is 23.2 Å². The summed E-state index contributed by atoms with van der Waals surface area (Å²) in [5, 5.41) is 20.6. The molecule has 0 unspecified atom stereocenters. The van der Waals surface area contributed by atoms with Gasteiger partial charge in [-0.25, -0.2) is 9.97 Å². The van der Waals surface area contributed by atoms with E-state index >= 15 is 0 Å². The Kier molecular flexibility index (Phi) is 8.25. The summed E-state index contributed by atoms with van der Waals surface area (Å²) >= 11 is 14.0. The van der Waals surface area contributed by atoms with Crippen molar-refractivity contribution in [1.29, 1.82) is 0 Å². The van der Waals surface area contributed by atoms with Crippen molar-refractivity contribution < 1.29 is 19.7 Å². The fraction of sp³-hybridized carbons (Fsp3) is 0.355. The molecule has 10 nitrogen and oxygen atoms in total. The molecule has 0 aliphatic carbocycles. The number of rotatable bonds is 9. The quantitative estimate of drug-likeness (QED) is 0.279. The largest absolute Gasteiger partial charge is 0.480 e. The van der Waals surface area contributed by atoms with Crippen LogP contribution in [0.15, 0.2) is 48.8 Å². The van der Waals surface area contributed by atoms with Crippen LogP contribution < -0.4 is 9.47 Å². The maximum absolute atomic E-state index is 10.1. The van der Waals surface area contributed by atoms with E-state index in [1.165, 1.54) is 0 Å². The molecule has 2 N–H and O–H groups in total. The molecular weight excluding hydrogens is 591 g/mol. The van der Waals surface area contributed by atoms with Gasteiger partial charge in [0.2, 0.25) is 11.8 Å². The minimum Gasteiger partial charge on any atom is -0.480 e. The molecule has 2 fully saturated rings. The Hall–Kier alpha value is -3.38. The Morgan fingerprint density at radius 3 is 1.65 bits per heavy atom. The monoisotopic (exact) mass is 622 g/mol. The van der Waals surface area contributed by atoms with Crippen molar-refractivity contribution in [3.63, 3.8) is 0 Å². The maximum atomic E-state index is 10.1. The number of hydrogen-bond donors (Lipinski definition) is 2. The van der Waals surface area contributed by atoms with Crippen LogP contribution in [0, 0.1) is 0 Å². The highest BCUT2D eigenvalue weighted by Crippen LogP contribution is 2.42. The Bertz CT molecular complexity index is 1660. The van der Waals surface area contributed by atoms with Crippen molar-refractivity contribution >= 4 is 23.2 Å². The van der Waals surface area contributed by atoms with E-state index in [1.54, 1.807) is 26.6 Å². The Balaban J connectivity index is 1.29. The molecule has 6 rings (SSSR count). The van der Waals surface area contributed by atoms with Crippen molar-refractivity contribution in [2.24, 2.45) is 0 Å². The number of likely N-dealkylation sites (tertiary alicyclic amines) is 2. The van der Waals surface area contributed by atoms with Gasteiger partial charge in [-0.15, -0.1) is 0 Å². The lowest BCUT2D eigenvalue weighted by Crippen LogP contribution is -2.59. The van der Waals surface area contributed by atoms with Gasteiger partial charge < -0.3 is 19.7 Å². The van der Waals surface area contributed by atoms with Crippen molar-refractivity contribution in [1.82, 2.24) is 29.7 Å². The molecule has 4 aromatic rings. The highest BCUT2D eigenvalue weighted by atomic mass is 35.5. The minimum absolute atomic E-state index is 0.298. The molecule has 0 radical (unpaired) electrons. The van der Waals surface area contributed by atoms with Gasteiger partial charge in [-0.2, -0.15) is 0 Å². The second-order valence-corrected chi connectivity index (χ2v) is 12.0. The predicted octanol–water partition coefficient (Wildman–Crippen LogP) is 4.33. The summed E-state index contributed by atoms with van der Waals surface area (Å²) in [5.74, 6) is 0.822. The summed E-state index contributed by atoms with van der Waals surface area (Å²) < 4.78 is 11.1. The zero-order valence-corrected chi connectivity index (χ0v) is 25.6. The van der Waals surface area contributed by atoms with Gasteiger partial charge in [-0.1, -0.05) is 59.6 Å². The summed E-state index contributed by atoms with van der Waals surface area (Å²) in [6, 6.07) is 11.4. The predicted molar refractivity (Wildman–Crippen MR) is 164 cm³/mol. The molecule has 0 atom stereocenters. The van der Waals surface area contributed by atoms with E-state index in [2.05, 4.69) is 19.8 Å². The van der Waals surface area contributed by atoms with Crippen LogP contribution in [0.4, 0.5) is 0 Å². The average Bonchev–Trinajstić information content (AvgIpc) is 2.96. The van der Waals surface area contributed by atoms with Crippen molar-refractivity contribution in [3.05, 3.63) is 70.2 Å². The third kappa shape index (κ3) is 6.04. The lowest BCUT2D eigenvalue weighted by Gasteiger charge is -2.44. The molecule has 2 aliphatic heterocycles. The zero-order valence-electron chi connectivity index (χ0n) is 24.1. The highest BCUT2D eigenvalue weighted by molar-refractivity contribution is 6.39. The van der Waals surface area contributed by atoms with Gasteiger partial charge in [0.05, 0.1) is 59.8 Å². The van der Waals surface area contributed by atoms with Gasteiger partial charge in [-0.3, -0.25) is 19.8 Å². The molecule has 4 heterocycles. The number of aromatic nitrogens is 4. The molecule has 2 aromatic carbocycles. The van der Waals surface area contributed by atoms with Crippen LogP contribution in [0.1, 0.15) is 18.3 Å². The lowest BCUT2D eigenvalue weighted by molar-refractivity contribution is -0.0878. The molecule has 12 heteroatoms. The average molecular weight is 624 g/mol. The van der Waals surface area contributed by atoms with Gasteiger partial charge in [0.15, 0.2) is 0 Å². The number of ether oxygens (including phenoxy) is 2. The number of methoxy groups -OCH3 is 2. The first-order valence-electron chi connectivity index (χ1n) is 13.9. The van der Waals surface area contributed by atoms with E-state index in [4.69, 9.17) is 42.6 Å². The summed E-state index contributed by atoms with van der Waals surface area (Å²) in [6.45, 7) is 5.22. The third-order valence-electron chi connectivity index (χ3n) is 7.66. The Labute approximate surface area is 259 Å². The standard InChI is InChI=1S/C31H32Cl2N6O4/c1-31(41)16-39(17-31)15-26-30(43-3)37-24(11-35-26)22-9-5-7-20(28(22)33)19-6-4-8-21(27(19)32)23-10-34-25(29(36-23)42-2)14-38-12-18(40)13-38/h4-11,18,40-41H,12-17H2,1-3H3. The first kappa shape index (κ1) is 29.7. The van der Waals surface area contributed by atoms with E-state index in [0.717, 1.165) is 11.1 Å². The highest BCUT2D eigenvalue weighted by Gasteiger charge is 2.37. The summed E-state index contributed by atoms with van der Waals surface area (Å²) in [5.41, 5.74) is 4.68. The SMILES string of the molecule is COc1nc(-c2cccc(-c3cccc(-c4cnc(CN5CC(C)(O)C5)c(OC)n4)c3Cl)c2Cl)cnc1CN1CC(O)C1. The van der Waals surface area contributed by atoms with E-state index in [0.29, 0.717) is 95.0 Å². The smallest absolute Gasteiger partial charge is 0.237 e. The molecule has 2 aliphatic rings. The molecule has 2 saturated heterocycles. The van der Waals surface area contributed by atoms with Gasteiger partial charge in [-0.05, 0) is 6.92 Å². The molecule has 0 saturated carbocycles. The molecule has 0 amide bonds. The molecule has 224 valence electrons. The van der Waals surface area contributed by atoms with Crippen LogP contribution in [-0.4, -0.2) is 92.1 Å². The molecular formula is C31H32Cl2N6O4. The van der Waals surface area contributed by atoms with Crippen molar-refractivity contribution in [2.45, 2.75) is 31.7 Å². The number of nitrogens with zero attached hydrogens (tertiary/aromatic N) is 6. The van der Waals surface area contributed by atoms with Gasteiger partial charge in [0, 0.05) is 61.5 Å². The number of aliphatic hydroxyl groups excluding tert-OH is 1. The molecule has 0 spiro atoms. The van der Waals surface area contributed by atoms with Gasteiger partial charge in [0.1, 0.15) is 11.4 Å². The summed E-state index contributed by atoms with van der Waals surface area (Å²) in [4.78, 5) is 22.8. The van der Waals surface area contributed by atoms with E-state index < -0.39 is 5.60 Å². The second-order valence-electron chi connectivity index (χ2n) is 11.2. The molecule has 43 heavy (non-hydrogen) atoms. The van der Waals surface area contributed by atoms with E-state index in [-0.39, 0.29) is 6.10 Å². The Morgan fingerprint density at radius 1 is 0.791 bits per heavy atom. The van der Waals surface area contributed by atoms with Crippen molar-refractivity contribution in [3.8, 4) is 45.4 Å². The second kappa shape index (κ2) is 12.0. The first-order chi connectivity index (χ1) is 20.7. The zero-order chi connectivity index (χ0) is 30.3. The fourth-order valence-corrected chi connectivity index (χ4v) is 6.25. The normalized spacial score (nSPS) is 16.9. The van der Waals surface area contributed by atoms with Crippen LogP contribution in [0.25, 0.3) is 33.6 Å². The van der Waals surface area contributed by atoms with Gasteiger partial charge >= 0.3 is 0 Å². The Morgan fingerprint density at radius 2 is 1.23 bits per heavy atom. The van der Waals surface area contributed by atoms with Crippen LogP contribution in [0.3, 0.4) is 0 Å². The number of hydrogen-bond acceptors (Lipinski definition) is 10. The van der Waals surface area contributed by atoms with Crippen molar-refractivity contribution in [2.75, 3.05) is 40.4 Å². The lowest BCUT2D eigenvalue weighted by atomic mass is 9.97. The maximum Gasteiger partial charge on any atom is 0.237 e. The van der Waals surface area contributed by atoms with Crippen LogP contribution in [-0.2, 0) is 13.1 Å². The first-order valence-corrected chi connectivity index (χ1v) is 14.6. The summed E-state index contributed by atoms with van der Waals surface area (Å²) in [7, 11) is 3.12. The van der Waals surface area contributed by atoms with Crippen LogP contribution in [0.2, 0.25) is 10.0 Å². The number of aliphatic hydroxyl groups is 2. The summed E-state index contributed by atoms with van der Waals surface area (Å²) in [6.07, 6.45) is 3.07. The number of benzene rings is 2. The third-order valence-corrected chi connectivity index (χ3v) is 8.48.